The molecule has 0 spiro atoms. The number of carbonyl (C=O) groups excluding carboxylic acids is 1. The number of piperidine rings is 1. The number of fused-ring (bicyclic) bond motifs is 1. The molecule has 0 N–H and O–H groups in total. The molecule has 2 aliphatic rings. The van der Waals surface area contributed by atoms with Crippen molar-refractivity contribution in [3.8, 4) is 0 Å². The van der Waals surface area contributed by atoms with Crippen molar-refractivity contribution in [2.24, 2.45) is 0 Å². The fourth-order valence-corrected chi connectivity index (χ4v) is 1.81. The molecule has 0 aliphatic carbocycles. The summed E-state index contributed by atoms with van der Waals surface area (Å²) in [7, 11) is 1.41. The fourth-order valence-electron chi connectivity index (χ4n) is 1.81. The van der Waals surface area contributed by atoms with Gasteiger partial charge in [0, 0.05) is 6.54 Å². The van der Waals surface area contributed by atoms with Gasteiger partial charge in [-0.3, -0.25) is 0 Å². The SMILES string of the molecule is COC(=O)N1CCC2OC2(C)C1. The van der Waals surface area contributed by atoms with Crippen molar-refractivity contribution >= 4 is 6.09 Å². The van der Waals surface area contributed by atoms with E-state index < -0.39 is 0 Å². The largest absolute Gasteiger partial charge is 0.453 e. The lowest BCUT2D eigenvalue weighted by Gasteiger charge is -2.26. The van der Waals surface area contributed by atoms with Crippen molar-refractivity contribution in [3.63, 3.8) is 0 Å². The van der Waals surface area contributed by atoms with Crippen LogP contribution in [0.15, 0.2) is 0 Å². The van der Waals surface area contributed by atoms with Crippen LogP contribution < -0.4 is 0 Å². The number of hydrogen-bond acceptors (Lipinski definition) is 3. The van der Waals surface area contributed by atoms with Gasteiger partial charge in [-0.1, -0.05) is 0 Å². The molecule has 2 aliphatic heterocycles. The Bertz CT molecular complexity index is 218. The molecule has 2 saturated heterocycles. The zero-order valence-corrected chi connectivity index (χ0v) is 7.37. The van der Waals surface area contributed by atoms with Crippen LogP contribution in [-0.4, -0.2) is 42.9 Å². The van der Waals surface area contributed by atoms with Gasteiger partial charge in [0.2, 0.25) is 0 Å². The molecule has 2 heterocycles. The van der Waals surface area contributed by atoms with E-state index in [1.165, 1.54) is 7.11 Å². The maximum atomic E-state index is 11.1. The van der Waals surface area contributed by atoms with Crippen molar-refractivity contribution in [2.45, 2.75) is 25.0 Å². The Kier molecular flexibility index (Phi) is 1.54. The summed E-state index contributed by atoms with van der Waals surface area (Å²) >= 11 is 0. The van der Waals surface area contributed by atoms with Gasteiger partial charge in [0.05, 0.1) is 19.8 Å². The first kappa shape index (κ1) is 7.86. The zero-order chi connectivity index (χ0) is 8.77. The van der Waals surface area contributed by atoms with Crippen LogP contribution in [0.25, 0.3) is 0 Å². The maximum absolute atomic E-state index is 11.1. The molecule has 0 aromatic rings. The van der Waals surface area contributed by atoms with Crippen LogP contribution in [0.2, 0.25) is 0 Å². The van der Waals surface area contributed by atoms with Gasteiger partial charge in [0.1, 0.15) is 5.60 Å². The van der Waals surface area contributed by atoms with Gasteiger partial charge in [-0.2, -0.15) is 0 Å². The molecule has 2 fully saturated rings. The predicted molar refractivity (Wildman–Crippen MR) is 41.9 cm³/mol. The van der Waals surface area contributed by atoms with Crippen LogP contribution in [0.1, 0.15) is 13.3 Å². The number of amides is 1. The van der Waals surface area contributed by atoms with E-state index in [0.717, 1.165) is 13.0 Å². The molecule has 0 bridgehead atoms. The van der Waals surface area contributed by atoms with E-state index in [4.69, 9.17) is 4.74 Å². The lowest BCUT2D eigenvalue weighted by molar-refractivity contribution is 0.110. The first-order chi connectivity index (χ1) is 5.65. The Hall–Kier alpha value is -0.770. The average molecular weight is 171 g/mol. The number of hydrogen-bond donors (Lipinski definition) is 0. The summed E-state index contributed by atoms with van der Waals surface area (Å²) in [5, 5.41) is 0. The second-order valence-corrected chi connectivity index (χ2v) is 3.60. The Balaban J connectivity index is 1.97. The maximum Gasteiger partial charge on any atom is 0.409 e. The van der Waals surface area contributed by atoms with Crippen molar-refractivity contribution in [3.05, 3.63) is 0 Å². The normalized spacial score (nSPS) is 38.8. The van der Waals surface area contributed by atoms with Gasteiger partial charge < -0.3 is 14.4 Å². The topological polar surface area (TPSA) is 42.1 Å². The number of carbonyl (C=O) groups is 1. The van der Waals surface area contributed by atoms with Gasteiger partial charge in [-0.25, -0.2) is 4.79 Å². The Morgan fingerprint density at radius 3 is 3.08 bits per heavy atom. The summed E-state index contributed by atoms with van der Waals surface area (Å²) in [4.78, 5) is 12.8. The van der Waals surface area contributed by atoms with Crippen molar-refractivity contribution < 1.29 is 14.3 Å². The number of epoxide rings is 1. The predicted octanol–water partition coefficient (Wildman–Crippen LogP) is 0.616. The first-order valence-electron chi connectivity index (χ1n) is 4.16. The molecule has 4 nitrogen and oxygen atoms in total. The van der Waals surface area contributed by atoms with Crippen LogP contribution in [-0.2, 0) is 9.47 Å². The van der Waals surface area contributed by atoms with E-state index in [2.05, 4.69) is 4.74 Å². The van der Waals surface area contributed by atoms with Crippen LogP contribution in [0.5, 0.6) is 0 Å². The smallest absolute Gasteiger partial charge is 0.409 e. The van der Waals surface area contributed by atoms with Gasteiger partial charge in [-0.15, -0.1) is 0 Å². The molecule has 0 aromatic carbocycles. The third-order valence-corrected chi connectivity index (χ3v) is 2.63. The Morgan fingerprint density at radius 1 is 1.75 bits per heavy atom. The number of nitrogens with zero attached hydrogens (tertiary/aromatic N) is 1. The van der Waals surface area contributed by atoms with Crippen LogP contribution in [0.3, 0.4) is 0 Å². The van der Waals surface area contributed by atoms with E-state index >= 15 is 0 Å². The van der Waals surface area contributed by atoms with Crippen molar-refractivity contribution in [1.29, 1.82) is 0 Å². The summed E-state index contributed by atoms with van der Waals surface area (Å²) in [5.41, 5.74) is -0.0769. The van der Waals surface area contributed by atoms with E-state index in [1.807, 2.05) is 6.92 Å². The zero-order valence-electron chi connectivity index (χ0n) is 7.37. The monoisotopic (exact) mass is 171 g/mol. The molecule has 1 amide bonds. The van der Waals surface area contributed by atoms with Gasteiger partial charge in [0.25, 0.3) is 0 Å². The number of ether oxygens (including phenoxy) is 2. The lowest BCUT2D eigenvalue weighted by atomic mass is 10.0. The van der Waals surface area contributed by atoms with E-state index in [1.54, 1.807) is 4.90 Å². The van der Waals surface area contributed by atoms with Crippen molar-refractivity contribution in [1.82, 2.24) is 4.90 Å². The molecule has 0 saturated carbocycles. The molecule has 2 unspecified atom stereocenters. The summed E-state index contributed by atoms with van der Waals surface area (Å²) in [5.74, 6) is 0. The molecule has 12 heavy (non-hydrogen) atoms. The lowest BCUT2D eigenvalue weighted by Crippen LogP contribution is -2.43. The third kappa shape index (κ3) is 1.06. The minimum Gasteiger partial charge on any atom is -0.453 e. The van der Waals surface area contributed by atoms with Gasteiger partial charge >= 0.3 is 6.09 Å². The van der Waals surface area contributed by atoms with E-state index in [-0.39, 0.29) is 11.7 Å². The highest BCUT2D eigenvalue weighted by Gasteiger charge is 2.56. The summed E-state index contributed by atoms with van der Waals surface area (Å²) in [6.45, 7) is 3.46. The fraction of sp³-hybridized carbons (Fsp3) is 0.875. The molecular weight excluding hydrogens is 158 g/mol. The third-order valence-electron chi connectivity index (χ3n) is 2.63. The average Bonchev–Trinajstić information content (AvgIpc) is 2.73. The number of likely N-dealkylation sites (tertiary alicyclic amines) is 1. The second-order valence-electron chi connectivity index (χ2n) is 3.60. The van der Waals surface area contributed by atoms with E-state index in [9.17, 15) is 4.79 Å². The Morgan fingerprint density at radius 2 is 2.50 bits per heavy atom. The molecule has 2 rings (SSSR count). The minimum atomic E-state index is -0.245. The van der Waals surface area contributed by atoms with Crippen molar-refractivity contribution in [2.75, 3.05) is 20.2 Å². The molecular formula is C8H13NO3. The summed E-state index contributed by atoms with van der Waals surface area (Å²) in [6, 6.07) is 0. The standard InChI is InChI=1S/C8H13NO3/c1-8-5-9(7(10)11-2)4-3-6(8)12-8/h6H,3-5H2,1-2H3. The molecule has 0 aromatic heterocycles. The number of rotatable bonds is 0. The van der Waals surface area contributed by atoms with Crippen LogP contribution in [0, 0.1) is 0 Å². The minimum absolute atomic E-state index is 0.0769. The Labute approximate surface area is 71.4 Å². The highest BCUT2D eigenvalue weighted by atomic mass is 16.6. The van der Waals surface area contributed by atoms with Gasteiger partial charge in [-0.05, 0) is 13.3 Å². The molecule has 68 valence electrons. The summed E-state index contributed by atoms with van der Waals surface area (Å²) in [6.07, 6.45) is 1.06. The number of methoxy groups -OCH3 is 1. The second kappa shape index (κ2) is 2.36. The molecule has 0 radical (unpaired) electrons. The quantitative estimate of drug-likeness (QED) is 0.502. The first-order valence-corrected chi connectivity index (χ1v) is 4.16. The molecule has 2 atom stereocenters. The van der Waals surface area contributed by atoms with Crippen LogP contribution >= 0.6 is 0 Å². The highest BCUT2D eigenvalue weighted by Crippen LogP contribution is 2.42. The van der Waals surface area contributed by atoms with Gasteiger partial charge in [0.15, 0.2) is 0 Å². The van der Waals surface area contributed by atoms with E-state index in [0.29, 0.717) is 12.6 Å². The highest BCUT2D eigenvalue weighted by molar-refractivity contribution is 5.67. The van der Waals surface area contributed by atoms with Crippen LogP contribution in [0.4, 0.5) is 4.79 Å². The molecule has 4 heteroatoms. The summed E-state index contributed by atoms with van der Waals surface area (Å²) < 4.78 is 10.1.